The van der Waals surface area contributed by atoms with Crippen LogP contribution in [-0.4, -0.2) is 23.5 Å². The number of nitrogens with two attached hydrogens (primary N) is 1. The molecular formula is C8H8N4OS. The number of anilines is 1. The molecule has 14 heavy (non-hydrogen) atoms. The van der Waals surface area contributed by atoms with Crippen molar-refractivity contribution >= 4 is 22.4 Å². The molecule has 0 saturated carbocycles. The minimum Gasteiger partial charge on any atom is -0.326 e. The van der Waals surface area contributed by atoms with E-state index in [2.05, 4.69) is 4.98 Å². The molecule has 1 fully saturated rings. The van der Waals surface area contributed by atoms with E-state index in [9.17, 15) is 4.79 Å². The van der Waals surface area contributed by atoms with Gasteiger partial charge in [-0.05, 0) is 0 Å². The van der Waals surface area contributed by atoms with E-state index in [1.807, 2.05) is 6.07 Å². The fraction of sp³-hybridized carbons (Fsp3) is 0.375. The lowest BCUT2D eigenvalue weighted by atomic mass is 10.3. The molecule has 2 rings (SSSR count). The Labute approximate surface area is 84.8 Å². The Balaban J connectivity index is 2.24. The fourth-order valence-corrected chi connectivity index (χ4v) is 2.10. The first kappa shape index (κ1) is 9.12. The molecule has 0 bridgehead atoms. The molecule has 0 aromatic carbocycles. The van der Waals surface area contributed by atoms with Crippen LogP contribution in [-0.2, 0) is 4.79 Å². The molecule has 2 heterocycles. The quantitative estimate of drug-likeness (QED) is 0.708. The van der Waals surface area contributed by atoms with Crippen LogP contribution < -0.4 is 10.6 Å². The molecule has 1 aliphatic rings. The number of nitrogens with zero attached hydrogens (tertiary/aromatic N) is 3. The van der Waals surface area contributed by atoms with E-state index in [0.29, 0.717) is 23.0 Å². The highest BCUT2D eigenvalue weighted by atomic mass is 32.1. The summed E-state index contributed by atoms with van der Waals surface area (Å²) in [6, 6.07) is 1.87. The summed E-state index contributed by atoms with van der Waals surface area (Å²) < 4.78 is 0. The molecule has 1 unspecified atom stereocenters. The van der Waals surface area contributed by atoms with Crippen LogP contribution in [0.2, 0.25) is 0 Å². The topological polar surface area (TPSA) is 83.0 Å². The van der Waals surface area contributed by atoms with Gasteiger partial charge in [0.05, 0.1) is 6.20 Å². The maximum atomic E-state index is 11.4. The van der Waals surface area contributed by atoms with Gasteiger partial charge in [0.25, 0.3) is 0 Å². The molecule has 2 N–H and O–H groups in total. The number of hydrogen-bond acceptors (Lipinski definition) is 5. The summed E-state index contributed by atoms with van der Waals surface area (Å²) in [7, 11) is 0. The first-order valence-corrected chi connectivity index (χ1v) is 4.94. The van der Waals surface area contributed by atoms with Gasteiger partial charge in [-0.3, -0.25) is 9.69 Å². The maximum Gasteiger partial charge on any atom is 0.230 e. The van der Waals surface area contributed by atoms with E-state index < -0.39 is 0 Å². The number of carbonyl (C=O) groups is 1. The lowest BCUT2D eigenvalue weighted by Gasteiger charge is -2.10. The highest BCUT2D eigenvalue weighted by molar-refractivity contribution is 7.16. The standard InChI is InChI=1S/C8H8N4OS/c9-2-6-3-11-8(14-6)12-4-5(10)1-7(12)13/h3,5H,1,4,10H2. The van der Waals surface area contributed by atoms with E-state index >= 15 is 0 Å². The second-order valence-corrected chi connectivity index (χ2v) is 4.10. The molecule has 1 aliphatic heterocycles. The minimum absolute atomic E-state index is 0.0173. The van der Waals surface area contributed by atoms with Crippen molar-refractivity contribution in [2.75, 3.05) is 11.4 Å². The smallest absolute Gasteiger partial charge is 0.230 e. The predicted molar refractivity (Wildman–Crippen MR) is 51.8 cm³/mol. The number of thiazole rings is 1. The molecule has 5 nitrogen and oxygen atoms in total. The van der Waals surface area contributed by atoms with Crippen LogP contribution in [0.3, 0.4) is 0 Å². The normalized spacial score (nSPS) is 21.3. The summed E-state index contributed by atoms with van der Waals surface area (Å²) in [6.45, 7) is 0.497. The average Bonchev–Trinajstić information content (AvgIpc) is 2.71. The molecule has 1 aromatic heterocycles. The number of rotatable bonds is 1. The minimum atomic E-state index is -0.114. The van der Waals surface area contributed by atoms with E-state index in [1.165, 1.54) is 22.4 Å². The summed E-state index contributed by atoms with van der Waals surface area (Å²) in [4.78, 5) is 17.5. The summed E-state index contributed by atoms with van der Waals surface area (Å²) in [6.07, 6.45) is 1.83. The van der Waals surface area contributed by atoms with Crippen LogP contribution in [0.1, 0.15) is 11.3 Å². The van der Waals surface area contributed by atoms with E-state index in [0.717, 1.165) is 0 Å². The van der Waals surface area contributed by atoms with Gasteiger partial charge in [0.15, 0.2) is 5.13 Å². The molecule has 72 valence electrons. The lowest BCUT2D eigenvalue weighted by molar-refractivity contribution is -0.117. The molecule has 0 spiro atoms. The van der Waals surface area contributed by atoms with Crippen molar-refractivity contribution in [3.8, 4) is 6.07 Å². The number of hydrogen-bond donors (Lipinski definition) is 1. The molecule has 1 aromatic rings. The highest BCUT2D eigenvalue weighted by Gasteiger charge is 2.29. The molecule has 1 saturated heterocycles. The van der Waals surface area contributed by atoms with Crippen molar-refractivity contribution in [1.29, 1.82) is 5.26 Å². The number of nitriles is 1. The molecule has 0 aliphatic carbocycles. The van der Waals surface area contributed by atoms with Gasteiger partial charge in [-0.25, -0.2) is 4.98 Å². The van der Waals surface area contributed by atoms with Gasteiger partial charge in [-0.1, -0.05) is 11.3 Å². The Morgan fingerprint density at radius 2 is 2.57 bits per heavy atom. The van der Waals surface area contributed by atoms with Crippen LogP contribution in [0.5, 0.6) is 0 Å². The SMILES string of the molecule is N#Cc1cnc(N2CC(N)CC2=O)s1. The van der Waals surface area contributed by atoms with Crippen molar-refractivity contribution in [2.24, 2.45) is 5.73 Å². The van der Waals surface area contributed by atoms with Gasteiger partial charge in [0.1, 0.15) is 10.9 Å². The first-order chi connectivity index (χ1) is 6.70. The Morgan fingerprint density at radius 3 is 3.07 bits per heavy atom. The van der Waals surface area contributed by atoms with Crippen LogP contribution in [0.25, 0.3) is 0 Å². The van der Waals surface area contributed by atoms with Crippen molar-refractivity contribution in [3.05, 3.63) is 11.1 Å². The zero-order valence-electron chi connectivity index (χ0n) is 7.30. The molecule has 1 amide bonds. The molecule has 1 atom stereocenters. The van der Waals surface area contributed by atoms with Gasteiger partial charge in [0.2, 0.25) is 5.91 Å². The second-order valence-electron chi connectivity index (χ2n) is 3.09. The van der Waals surface area contributed by atoms with Crippen molar-refractivity contribution in [1.82, 2.24) is 4.98 Å². The third kappa shape index (κ3) is 1.47. The van der Waals surface area contributed by atoms with Crippen LogP contribution in [0.4, 0.5) is 5.13 Å². The molecule has 6 heteroatoms. The van der Waals surface area contributed by atoms with E-state index in [1.54, 1.807) is 0 Å². The van der Waals surface area contributed by atoms with Crippen LogP contribution in [0, 0.1) is 11.3 Å². The van der Waals surface area contributed by atoms with Gasteiger partial charge in [-0.15, -0.1) is 0 Å². The van der Waals surface area contributed by atoms with E-state index in [4.69, 9.17) is 11.0 Å². The van der Waals surface area contributed by atoms with Crippen molar-refractivity contribution < 1.29 is 4.79 Å². The third-order valence-corrected chi connectivity index (χ3v) is 2.91. The van der Waals surface area contributed by atoms with Gasteiger partial charge in [0, 0.05) is 19.0 Å². The Morgan fingerprint density at radius 1 is 1.79 bits per heavy atom. The Kier molecular flexibility index (Phi) is 2.19. The zero-order chi connectivity index (χ0) is 10.1. The monoisotopic (exact) mass is 208 g/mol. The van der Waals surface area contributed by atoms with Gasteiger partial charge in [-0.2, -0.15) is 5.26 Å². The van der Waals surface area contributed by atoms with Crippen molar-refractivity contribution in [3.63, 3.8) is 0 Å². The lowest BCUT2D eigenvalue weighted by Crippen LogP contribution is -2.27. The van der Waals surface area contributed by atoms with Crippen LogP contribution >= 0.6 is 11.3 Å². The molecular weight excluding hydrogens is 200 g/mol. The number of aromatic nitrogens is 1. The Hall–Kier alpha value is -1.45. The van der Waals surface area contributed by atoms with Gasteiger partial charge < -0.3 is 5.73 Å². The number of carbonyl (C=O) groups excluding carboxylic acids is 1. The summed E-state index contributed by atoms with van der Waals surface area (Å²) in [5, 5.41) is 9.17. The second kappa shape index (κ2) is 3.36. The summed E-state index contributed by atoms with van der Waals surface area (Å²) in [5.74, 6) is -0.0173. The van der Waals surface area contributed by atoms with Crippen LogP contribution in [0.15, 0.2) is 6.20 Å². The number of amides is 1. The predicted octanol–water partition coefficient (Wildman–Crippen LogP) is 0.0788. The highest BCUT2D eigenvalue weighted by Crippen LogP contribution is 2.25. The third-order valence-electron chi connectivity index (χ3n) is 1.99. The molecule has 0 radical (unpaired) electrons. The first-order valence-electron chi connectivity index (χ1n) is 4.12. The largest absolute Gasteiger partial charge is 0.326 e. The summed E-state index contributed by atoms with van der Waals surface area (Å²) in [5.41, 5.74) is 5.64. The maximum absolute atomic E-state index is 11.4. The fourth-order valence-electron chi connectivity index (χ4n) is 1.36. The Bertz CT molecular complexity index is 408. The van der Waals surface area contributed by atoms with Crippen molar-refractivity contribution in [2.45, 2.75) is 12.5 Å². The average molecular weight is 208 g/mol. The zero-order valence-corrected chi connectivity index (χ0v) is 8.12. The van der Waals surface area contributed by atoms with Gasteiger partial charge >= 0.3 is 0 Å². The van der Waals surface area contributed by atoms with E-state index in [-0.39, 0.29) is 11.9 Å². The summed E-state index contributed by atoms with van der Waals surface area (Å²) >= 11 is 1.21.